The van der Waals surface area contributed by atoms with Crippen molar-refractivity contribution in [3.8, 4) is 11.5 Å². The van der Waals surface area contributed by atoms with Crippen LogP contribution in [0, 0.1) is 30.6 Å². The summed E-state index contributed by atoms with van der Waals surface area (Å²) in [5, 5.41) is 52.2. The summed E-state index contributed by atoms with van der Waals surface area (Å²) >= 11 is 0. The van der Waals surface area contributed by atoms with E-state index in [2.05, 4.69) is 10.6 Å². The van der Waals surface area contributed by atoms with E-state index < -0.39 is 105 Å². The Hall–Kier alpha value is -6.70. The maximum atomic E-state index is 14.9. The van der Waals surface area contributed by atoms with Crippen LogP contribution in [0.25, 0.3) is 38.7 Å². The molecule has 4 aromatic rings. The third-order valence-electron chi connectivity index (χ3n) is 14.0. The van der Waals surface area contributed by atoms with Crippen LogP contribution in [0.1, 0.15) is 87.6 Å². The molecule has 19 heteroatoms. The van der Waals surface area contributed by atoms with E-state index in [0.29, 0.717) is 31.6 Å². The highest BCUT2D eigenvalue weighted by Gasteiger charge is 2.44. The summed E-state index contributed by atoms with van der Waals surface area (Å²) in [6.07, 6.45) is 3.96. The molecule has 0 saturated carbocycles. The van der Waals surface area contributed by atoms with E-state index in [1.165, 1.54) is 59.3 Å². The van der Waals surface area contributed by atoms with Crippen LogP contribution in [0.2, 0.25) is 0 Å². The Balaban J connectivity index is 1.41. The molecule has 0 unspecified atom stereocenters. The van der Waals surface area contributed by atoms with Crippen molar-refractivity contribution in [2.24, 2.45) is 23.7 Å². The van der Waals surface area contributed by atoms with E-state index in [0.717, 1.165) is 0 Å². The number of anilines is 2. The number of carbonyl (C=O) groups is 3. The van der Waals surface area contributed by atoms with Crippen LogP contribution in [-0.4, -0.2) is 105 Å². The fraction of sp³-hybridized carbons (Fsp3) is 0.509. The summed E-state index contributed by atoms with van der Waals surface area (Å²) in [6.45, 7) is 18.8. The van der Waals surface area contributed by atoms with Gasteiger partial charge in [0.1, 0.15) is 34.4 Å². The van der Waals surface area contributed by atoms with Crippen LogP contribution in [-0.2, 0) is 28.5 Å². The lowest BCUT2D eigenvalue weighted by molar-refractivity contribution is -0.160. The van der Waals surface area contributed by atoms with Crippen molar-refractivity contribution in [2.45, 2.75) is 131 Å². The van der Waals surface area contributed by atoms with Gasteiger partial charge >= 0.3 is 17.8 Å². The molecular weight excluding hydrogens is 933 g/mol. The molecule has 1 fully saturated rings. The molecule has 2 amide bonds. The fourth-order valence-corrected chi connectivity index (χ4v) is 9.82. The number of phenols is 1. The predicted molar refractivity (Wildman–Crippen MR) is 270 cm³/mol. The minimum Gasteiger partial charge on any atom is -0.507 e. The maximum Gasteiger partial charge on any atom is 0.407 e. The molecule has 19 nitrogen and oxygen atoms in total. The Bertz CT molecular complexity index is 3080. The highest BCUT2D eigenvalue weighted by molar-refractivity contribution is 6.17. The number of ether oxygens (including phenoxy) is 5. The summed E-state index contributed by atoms with van der Waals surface area (Å²) in [6, 6.07) is 2.82. The molecular formula is C53H66N4O15. The van der Waals surface area contributed by atoms with Gasteiger partial charge in [0.25, 0.3) is 5.91 Å². The lowest BCUT2D eigenvalue weighted by atomic mass is 9.78. The molecule has 3 aliphatic heterocycles. The lowest BCUT2D eigenvalue weighted by Gasteiger charge is -2.38. The fourth-order valence-electron chi connectivity index (χ4n) is 9.82. The molecule has 72 heavy (non-hydrogen) atoms. The normalized spacial score (nSPS) is 28.5. The summed E-state index contributed by atoms with van der Waals surface area (Å²) in [5.41, 5.74) is -2.58. The second-order valence-corrected chi connectivity index (χ2v) is 20.4. The molecule has 4 bridgehead atoms. The first-order valence-corrected chi connectivity index (χ1v) is 24.1. The first-order chi connectivity index (χ1) is 33.8. The Labute approximate surface area is 416 Å². The van der Waals surface area contributed by atoms with Crippen LogP contribution in [0.4, 0.5) is 16.2 Å². The molecule has 388 valence electrons. The first kappa shape index (κ1) is 53.1. The molecule has 6 N–H and O–H groups in total. The number of aromatic nitrogens is 1. The van der Waals surface area contributed by atoms with Crippen molar-refractivity contribution in [2.75, 3.05) is 30.4 Å². The van der Waals surface area contributed by atoms with Gasteiger partial charge in [0, 0.05) is 98.1 Å². The number of phenolic OH excluding ortho intramolecular Hbond substituents is 1. The van der Waals surface area contributed by atoms with Crippen molar-refractivity contribution in [1.29, 1.82) is 0 Å². The molecule has 9 atom stereocenters. The monoisotopic (exact) mass is 998 g/mol. The zero-order chi connectivity index (χ0) is 52.9. The summed E-state index contributed by atoms with van der Waals surface area (Å²) in [7, 11) is 1.43. The minimum absolute atomic E-state index is 0.0310. The van der Waals surface area contributed by atoms with E-state index >= 15 is 0 Å². The first-order valence-electron chi connectivity index (χ1n) is 24.1. The standard InChI is InChI=1S/C53H66N4O15/c1-24-14-13-15-25(2)50(65)56-41-45(63)37-36(40-48(41)70-35-23-32(22-33(59)39(35)55-40)57-19-16-31(17-20-57)54-51(66)72-52(8,9)10)38-47(29(6)44(37)62)71-53(11,49(38)64)68-21-18-34(67-12)26(3)46(69-30(7)58)28(5)43(61)27(4)42(24)60/h13-15,18,21-24,26-28,31,34,42-43,46,60-62,64H,16-17,19-20H2,1-12H3,(H,54,66)(H,56,65)/b14-13+,21-18+,25-15-/t24-,26+,27+,28+,34-,42-,43+,46+,53-/m0/s1. The van der Waals surface area contributed by atoms with Crippen molar-refractivity contribution in [1.82, 2.24) is 10.3 Å². The van der Waals surface area contributed by atoms with Gasteiger partial charge in [0.15, 0.2) is 22.4 Å². The van der Waals surface area contributed by atoms with Gasteiger partial charge < -0.3 is 64.1 Å². The number of rotatable bonds is 4. The summed E-state index contributed by atoms with van der Waals surface area (Å²) < 4.78 is 35.9. The minimum atomic E-state index is -2.01. The molecule has 7 rings (SSSR count). The maximum absolute atomic E-state index is 14.9. The lowest BCUT2D eigenvalue weighted by Crippen LogP contribution is -2.46. The molecule has 1 saturated heterocycles. The van der Waals surface area contributed by atoms with Crippen LogP contribution in [0.3, 0.4) is 0 Å². The number of aromatic hydroxyl groups is 1. The van der Waals surface area contributed by atoms with Gasteiger partial charge in [-0.2, -0.15) is 0 Å². The van der Waals surface area contributed by atoms with Crippen molar-refractivity contribution < 1.29 is 62.9 Å². The third-order valence-corrected chi connectivity index (χ3v) is 14.0. The number of nitrogens with zero attached hydrogens (tertiary/aromatic N) is 2. The van der Waals surface area contributed by atoms with Gasteiger partial charge in [-0.15, -0.1) is 0 Å². The van der Waals surface area contributed by atoms with E-state index in [1.54, 1.807) is 66.7 Å². The number of nitrogens with one attached hydrogen (secondary N) is 2. The van der Waals surface area contributed by atoms with Crippen LogP contribution in [0.15, 0.2) is 62.3 Å². The van der Waals surface area contributed by atoms with Crippen molar-refractivity contribution >= 4 is 68.1 Å². The Kier molecular flexibility index (Phi) is 15.1. The second-order valence-electron chi connectivity index (χ2n) is 20.4. The van der Waals surface area contributed by atoms with Gasteiger partial charge in [0.05, 0.1) is 35.2 Å². The highest BCUT2D eigenvalue weighted by atomic mass is 16.7. The number of benzene rings is 3. The number of hydrogen-bond acceptors (Lipinski definition) is 17. The molecule has 3 aromatic carbocycles. The molecule has 3 aliphatic rings. The van der Waals surface area contributed by atoms with Gasteiger partial charge in [-0.05, 0) is 53.5 Å². The topological polar surface area (TPSA) is 266 Å². The van der Waals surface area contributed by atoms with Crippen molar-refractivity contribution in [3.63, 3.8) is 0 Å². The smallest absolute Gasteiger partial charge is 0.407 e. The average molecular weight is 999 g/mol. The number of aliphatic hydroxyl groups is 3. The third kappa shape index (κ3) is 10.3. The van der Waals surface area contributed by atoms with Crippen LogP contribution >= 0.6 is 0 Å². The number of methoxy groups -OCH3 is 1. The number of fused-ring (bicyclic) bond motifs is 2. The SMILES string of the molecule is CO[C@H]1/C=C/O[C@@]2(C)Oc3c(C)c(O)c4c(=O)c(c5oc6cc(N7CCC(NC(=O)OC(C)(C)C)CC7)cc(=O)c6nc5c4c3=C2O)NC(=O)/C(C)=C\C=C\[C@H](C)[C@H](O)[C@@H](C)[C@@H](O)[C@@H](C)[C@H](OC(C)=O)[C@@H]1C. The Morgan fingerprint density at radius 2 is 1.62 bits per heavy atom. The Morgan fingerprint density at radius 3 is 2.26 bits per heavy atom. The van der Waals surface area contributed by atoms with Crippen molar-refractivity contribution in [3.05, 3.63) is 79.5 Å². The number of carbonyl (C=O) groups excluding carboxylic acids is 3. The number of aliphatic hydroxyl groups excluding tert-OH is 3. The predicted octanol–water partition coefficient (Wildman–Crippen LogP) is 6.05. The number of amides is 2. The average Bonchev–Trinajstić information content (AvgIpc) is 3.58. The van der Waals surface area contributed by atoms with E-state index in [-0.39, 0.29) is 61.1 Å². The van der Waals surface area contributed by atoms with Crippen LogP contribution < -0.4 is 36.3 Å². The number of allylic oxidation sites excluding steroid dienone is 2. The second kappa shape index (κ2) is 20.4. The van der Waals surface area contributed by atoms with E-state index in [1.807, 2.05) is 4.90 Å². The van der Waals surface area contributed by atoms with Gasteiger partial charge in [-0.25, -0.2) is 9.78 Å². The Morgan fingerprint density at radius 1 is 0.944 bits per heavy atom. The number of esters is 1. The number of alkyl carbamates (subject to hydrolysis) is 1. The van der Waals surface area contributed by atoms with Crippen LogP contribution in [0.5, 0.6) is 11.5 Å². The molecule has 0 radical (unpaired) electrons. The quantitative estimate of drug-likeness (QED) is 0.0771. The highest BCUT2D eigenvalue weighted by Crippen LogP contribution is 2.42. The number of hydrogen-bond donors (Lipinski definition) is 6. The molecule has 0 aliphatic carbocycles. The van der Waals surface area contributed by atoms with Gasteiger partial charge in [-0.3, -0.25) is 19.2 Å². The zero-order valence-corrected chi connectivity index (χ0v) is 42.7. The molecule has 4 heterocycles. The van der Waals surface area contributed by atoms with E-state index in [9.17, 15) is 44.4 Å². The van der Waals surface area contributed by atoms with Gasteiger partial charge in [0.2, 0.25) is 10.9 Å². The largest absolute Gasteiger partial charge is 0.507 e. The summed E-state index contributed by atoms with van der Waals surface area (Å²) in [4.78, 5) is 74.8. The number of piperidine rings is 1. The zero-order valence-electron chi connectivity index (χ0n) is 42.7. The molecule has 0 spiro atoms. The van der Waals surface area contributed by atoms with E-state index in [4.69, 9.17) is 33.1 Å². The molecule has 1 aromatic heterocycles. The summed E-state index contributed by atoms with van der Waals surface area (Å²) in [5.74, 6) is -7.16. The van der Waals surface area contributed by atoms with Gasteiger partial charge in [-0.1, -0.05) is 45.9 Å².